The molecule has 1 aromatic carbocycles. The van der Waals surface area contributed by atoms with Crippen molar-refractivity contribution in [2.24, 2.45) is 0 Å². The Morgan fingerprint density at radius 2 is 2.18 bits per heavy atom. The highest BCUT2D eigenvalue weighted by molar-refractivity contribution is 9.10. The fraction of sp³-hybridized carbons (Fsp3) is 0.417. The molecular weight excluding hydrogens is 286 g/mol. The van der Waals surface area contributed by atoms with Gasteiger partial charge in [0, 0.05) is 13.0 Å². The van der Waals surface area contributed by atoms with Crippen LogP contribution in [0.4, 0.5) is 0 Å². The van der Waals surface area contributed by atoms with E-state index in [1.54, 1.807) is 0 Å². The molecule has 5 heteroatoms. The first kappa shape index (κ1) is 14.0. The minimum atomic E-state index is -0.0604. The van der Waals surface area contributed by atoms with Gasteiger partial charge in [0.05, 0.1) is 17.7 Å². The van der Waals surface area contributed by atoms with Crippen molar-refractivity contribution in [3.05, 3.63) is 28.7 Å². The number of carbonyl (C=O) groups is 1. The van der Waals surface area contributed by atoms with Crippen molar-refractivity contribution in [3.63, 3.8) is 0 Å². The molecule has 0 aromatic heterocycles. The third-order valence-electron chi connectivity index (χ3n) is 2.08. The number of rotatable bonds is 7. The van der Waals surface area contributed by atoms with Gasteiger partial charge in [0.1, 0.15) is 5.75 Å². The Morgan fingerprint density at radius 3 is 2.88 bits per heavy atom. The van der Waals surface area contributed by atoms with Crippen LogP contribution < -0.4 is 10.1 Å². The van der Waals surface area contributed by atoms with Crippen LogP contribution in [0, 0.1) is 0 Å². The smallest absolute Gasteiger partial charge is 0.220 e. The summed E-state index contributed by atoms with van der Waals surface area (Å²) >= 11 is 3.38. The van der Waals surface area contributed by atoms with Crippen molar-refractivity contribution in [1.82, 2.24) is 5.32 Å². The first-order valence-electron chi connectivity index (χ1n) is 5.49. The third kappa shape index (κ3) is 5.70. The lowest BCUT2D eigenvalue weighted by Gasteiger charge is -2.07. The number of aliphatic hydroxyl groups excluding tert-OH is 1. The molecule has 0 heterocycles. The van der Waals surface area contributed by atoms with Gasteiger partial charge in [-0.25, -0.2) is 0 Å². The SMILES string of the molecule is O=C(CCCOc1ccccc1Br)NCCO. The van der Waals surface area contributed by atoms with Crippen LogP contribution in [0.2, 0.25) is 0 Å². The summed E-state index contributed by atoms with van der Waals surface area (Å²) in [7, 11) is 0. The fourth-order valence-electron chi connectivity index (χ4n) is 1.26. The Balaban J connectivity index is 2.16. The lowest BCUT2D eigenvalue weighted by atomic mass is 10.3. The molecule has 1 aromatic rings. The highest BCUT2D eigenvalue weighted by Crippen LogP contribution is 2.23. The Labute approximate surface area is 109 Å². The van der Waals surface area contributed by atoms with Crippen molar-refractivity contribution in [1.29, 1.82) is 0 Å². The standard InChI is InChI=1S/C12H16BrNO3/c13-10-4-1-2-5-11(10)17-9-3-6-12(16)14-7-8-15/h1-2,4-5,15H,3,6-9H2,(H,14,16). The van der Waals surface area contributed by atoms with Gasteiger partial charge in [-0.3, -0.25) is 4.79 Å². The van der Waals surface area contributed by atoms with Crippen molar-refractivity contribution in [3.8, 4) is 5.75 Å². The summed E-state index contributed by atoms with van der Waals surface area (Å²) in [6.07, 6.45) is 1.06. The second-order valence-electron chi connectivity index (χ2n) is 3.46. The lowest BCUT2D eigenvalue weighted by Crippen LogP contribution is -2.26. The average molecular weight is 302 g/mol. The number of ether oxygens (including phenoxy) is 1. The third-order valence-corrected chi connectivity index (χ3v) is 2.73. The number of aliphatic hydroxyl groups is 1. The quantitative estimate of drug-likeness (QED) is 0.754. The van der Waals surface area contributed by atoms with Crippen LogP contribution in [-0.2, 0) is 4.79 Å². The van der Waals surface area contributed by atoms with E-state index in [9.17, 15) is 4.79 Å². The van der Waals surface area contributed by atoms with E-state index >= 15 is 0 Å². The van der Waals surface area contributed by atoms with E-state index in [4.69, 9.17) is 9.84 Å². The topological polar surface area (TPSA) is 58.6 Å². The molecule has 0 aliphatic carbocycles. The van der Waals surface area contributed by atoms with E-state index in [1.165, 1.54) is 0 Å². The van der Waals surface area contributed by atoms with Crippen LogP contribution in [0.25, 0.3) is 0 Å². The van der Waals surface area contributed by atoms with Crippen LogP contribution >= 0.6 is 15.9 Å². The maximum atomic E-state index is 11.2. The first-order valence-corrected chi connectivity index (χ1v) is 6.28. The molecule has 4 nitrogen and oxygen atoms in total. The number of benzene rings is 1. The molecule has 1 amide bonds. The van der Waals surface area contributed by atoms with Gasteiger partial charge in [0.25, 0.3) is 0 Å². The Bertz CT molecular complexity index is 357. The second kappa shape index (κ2) is 8.08. The molecule has 0 saturated heterocycles. The van der Waals surface area contributed by atoms with Crippen molar-refractivity contribution >= 4 is 21.8 Å². The number of nitrogens with one attached hydrogen (secondary N) is 1. The zero-order valence-electron chi connectivity index (χ0n) is 9.49. The Kier molecular flexibility index (Phi) is 6.65. The summed E-state index contributed by atoms with van der Waals surface area (Å²) in [5.41, 5.74) is 0. The normalized spacial score (nSPS) is 10.0. The maximum absolute atomic E-state index is 11.2. The molecule has 0 aliphatic rings. The summed E-state index contributed by atoms with van der Waals surface area (Å²) in [6.45, 7) is 0.776. The van der Waals surface area contributed by atoms with Crippen LogP contribution in [-0.4, -0.2) is 30.8 Å². The highest BCUT2D eigenvalue weighted by atomic mass is 79.9. The Hall–Kier alpha value is -1.07. The molecule has 2 N–H and O–H groups in total. The molecule has 1 rings (SSSR count). The number of hydrogen-bond acceptors (Lipinski definition) is 3. The zero-order valence-corrected chi connectivity index (χ0v) is 11.1. The molecule has 0 saturated carbocycles. The fourth-order valence-corrected chi connectivity index (χ4v) is 1.66. The molecule has 0 spiro atoms. The molecule has 94 valence electrons. The lowest BCUT2D eigenvalue weighted by molar-refractivity contribution is -0.121. The summed E-state index contributed by atoms with van der Waals surface area (Å²) < 4.78 is 6.42. The predicted molar refractivity (Wildman–Crippen MR) is 69.0 cm³/mol. The summed E-state index contributed by atoms with van der Waals surface area (Å²) in [6, 6.07) is 7.59. The van der Waals surface area contributed by atoms with Gasteiger partial charge in [0.15, 0.2) is 0 Å². The van der Waals surface area contributed by atoms with E-state index in [2.05, 4.69) is 21.2 Å². The number of para-hydroxylation sites is 1. The maximum Gasteiger partial charge on any atom is 0.220 e. The van der Waals surface area contributed by atoms with Crippen molar-refractivity contribution in [2.75, 3.05) is 19.8 Å². The van der Waals surface area contributed by atoms with Crippen molar-refractivity contribution in [2.45, 2.75) is 12.8 Å². The molecule has 0 bridgehead atoms. The van der Waals surface area contributed by atoms with Crippen LogP contribution in [0.15, 0.2) is 28.7 Å². The minimum absolute atomic E-state index is 0.0286. The number of halogens is 1. The average Bonchev–Trinajstić information content (AvgIpc) is 2.34. The molecular formula is C12H16BrNO3. The molecule has 0 atom stereocenters. The van der Waals surface area contributed by atoms with E-state index in [1.807, 2.05) is 24.3 Å². The van der Waals surface area contributed by atoms with Gasteiger partial charge in [-0.2, -0.15) is 0 Å². The Morgan fingerprint density at radius 1 is 1.41 bits per heavy atom. The number of carbonyl (C=O) groups excluding carboxylic acids is 1. The first-order chi connectivity index (χ1) is 8.24. The van der Waals surface area contributed by atoms with E-state index in [0.717, 1.165) is 10.2 Å². The van der Waals surface area contributed by atoms with Gasteiger partial charge in [-0.05, 0) is 34.5 Å². The highest BCUT2D eigenvalue weighted by Gasteiger charge is 2.02. The number of hydrogen-bond donors (Lipinski definition) is 2. The van der Waals surface area contributed by atoms with Gasteiger partial charge < -0.3 is 15.2 Å². The molecule has 0 fully saturated rings. The van der Waals surface area contributed by atoms with Crippen LogP contribution in [0.5, 0.6) is 5.75 Å². The van der Waals surface area contributed by atoms with E-state index in [0.29, 0.717) is 26.0 Å². The minimum Gasteiger partial charge on any atom is -0.492 e. The van der Waals surface area contributed by atoms with Gasteiger partial charge in [-0.1, -0.05) is 12.1 Å². The number of amides is 1. The molecule has 17 heavy (non-hydrogen) atoms. The summed E-state index contributed by atoms with van der Waals surface area (Å²) in [5, 5.41) is 11.1. The zero-order chi connectivity index (χ0) is 12.5. The predicted octanol–water partition coefficient (Wildman–Crippen LogP) is 1.72. The van der Waals surface area contributed by atoms with Gasteiger partial charge in [-0.15, -0.1) is 0 Å². The molecule has 0 aliphatic heterocycles. The van der Waals surface area contributed by atoms with Crippen LogP contribution in [0.1, 0.15) is 12.8 Å². The van der Waals surface area contributed by atoms with E-state index in [-0.39, 0.29) is 12.5 Å². The van der Waals surface area contributed by atoms with Crippen molar-refractivity contribution < 1.29 is 14.6 Å². The monoisotopic (exact) mass is 301 g/mol. The van der Waals surface area contributed by atoms with Gasteiger partial charge in [0.2, 0.25) is 5.91 Å². The largest absolute Gasteiger partial charge is 0.492 e. The molecule has 0 radical (unpaired) electrons. The van der Waals surface area contributed by atoms with Gasteiger partial charge >= 0.3 is 0 Å². The summed E-state index contributed by atoms with van der Waals surface area (Å²) in [5.74, 6) is 0.720. The van der Waals surface area contributed by atoms with Crippen LogP contribution in [0.3, 0.4) is 0 Å². The summed E-state index contributed by atoms with van der Waals surface area (Å²) in [4.78, 5) is 11.2. The molecule has 0 unspecified atom stereocenters. The second-order valence-corrected chi connectivity index (χ2v) is 4.31. The van der Waals surface area contributed by atoms with E-state index < -0.39 is 0 Å².